The summed E-state index contributed by atoms with van der Waals surface area (Å²) in [5, 5.41) is 23.8. The first kappa shape index (κ1) is 24.6. The summed E-state index contributed by atoms with van der Waals surface area (Å²) in [6, 6.07) is 9.68. The normalized spacial score (nSPS) is 21.1. The molecule has 0 aromatic heterocycles. The lowest BCUT2D eigenvalue weighted by atomic mass is 9.76. The van der Waals surface area contributed by atoms with Crippen molar-refractivity contribution in [2.24, 2.45) is 17.8 Å². The van der Waals surface area contributed by atoms with Gasteiger partial charge in [0, 0.05) is 23.8 Å². The van der Waals surface area contributed by atoms with Gasteiger partial charge < -0.3 is 0 Å². The second-order valence-corrected chi connectivity index (χ2v) is 8.98. The number of hydrogen-bond acceptors (Lipinski definition) is 8. The first-order chi connectivity index (χ1) is 17.1. The molecule has 3 atom stereocenters. The van der Waals surface area contributed by atoms with Gasteiger partial charge in [-0.2, -0.15) is 5.01 Å². The minimum Gasteiger partial charge on any atom is -0.292 e. The first-order valence-electron chi connectivity index (χ1n) is 11.3. The van der Waals surface area contributed by atoms with E-state index in [4.69, 9.17) is 0 Å². The molecule has 0 N–H and O–H groups in total. The van der Waals surface area contributed by atoms with Gasteiger partial charge in [0.2, 0.25) is 0 Å². The molecule has 0 unspecified atom stereocenters. The maximum atomic E-state index is 13.6. The smallest absolute Gasteiger partial charge is 0.282 e. The van der Waals surface area contributed by atoms with E-state index in [1.165, 1.54) is 30.3 Å². The highest BCUT2D eigenvalue weighted by Crippen LogP contribution is 2.41. The van der Waals surface area contributed by atoms with E-state index in [0.717, 1.165) is 24.6 Å². The molecule has 4 rings (SSSR count). The molecule has 0 bridgehead atoms. The SMILES string of the molecule is C[C@@H]1CC[C@@H]2C(=O)N(N(CC(=O)c3ccc([N+](=O)[O-])cc3)C(=O)c3ccccc3[N+](=O)[O-])C(=O)[C@@H]2C1. The molecule has 2 aromatic carbocycles. The number of nitro groups is 2. The third-order valence-corrected chi connectivity index (χ3v) is 6.66. The average molecular weight is 494 g/mol. The second kappa shape index (κ2) is 9.64. The van der Waals surface area contributed by atoms with Crippen LogP contribution >= 0.6 is 0 Å². The van der Waals surface area contributed by atoms with Gasteiger partial charge in [0.05, 0.1) is 21.7 Å². The van der Waals surface area contributed by atoms with Crippen LogP contribution in [0.1, 0.15) is 46.9 Å². The van der Waals surface area contributed by atoms with Crippen molar-refractivity contribution in [3.8, 4) is 0 Å². The van der Waals surface area contributed by atoms with Gasteiger partial charge in [-0.1, -0.05) is 19.1 Å². The topological polar surface area (TPSA) is 161 Å². The highest BCUT2D eigenvalue weighted by Gasteiger charge is 2.53. The number of amides is 3. The van der Waals surface area contributed by atoms with Gasteiger partial charge in [-0.05, 0) is 43.4 Å². The Morgan fingerprint density at radius 3 is 2.22 bits per heavy atom. The highest BCUT2D eigenvalue weighted by atomic mass is 16.6. The van der Waals surface area contributed by atoms with Crippen LogP contribution in [0.4, 0.5) is 11.4 Å². The molecule has 0 radical (unpaired) electrons. The van der Waals surface area contributed by atoms with E-state index in [9.17, 15) is 39.4 Å². The molecular weight excluding hydrogens is 472 g/mol. The molecule has 36 heavy (non-hydrogen) atoms. The molecule has 186 valence electrons. The van der Waals surface area contributed by atoms with Crippen LogP contribution in [0.5, 0.6) is 0 Å². The number of rotatable bonds is 7. The van der Waals surface area contributed by atoms with Crippen molar-refractivity contribution in [1.82, 2.24) is 10.0 Å². The van der Waals surface area contributed by atoms with E-state index >= 15 is 0 Å². The second-order valence-electron chi connectivity index (χ2n) is 8.98. The molecule has 1 aliphatic heterocycles. The van der Waals surface area contributed by atoms with Crippen LogP contribution in [0, 0.1) is 38.0 Å². The summed E-state index contributed by atoms with van der Waals surface area (Å²) in [5.41, 5.74) is -1.17. The summed E-state index contributed by atoms with van der Waals surface area (Å²) in [5.74, 6) is -4.09. The fraction of sp³-hybridized carbons (Fsp3) is 0.333. The van der Waals surface area contributed by atoms with Gasteiger partial charge in [0.25, 0.3) is 29.1 Å². The Morgan fingerprint density at radius 2 is 1.58 bits per heavy atom. The predicted molar refractivity (Wildman–Crippen MR) is 123 cm³/mol. The van der Waals surface area contributed by atoms with E-state index in [2.05, 4.69) is 0 Å². The van der Waals surface area contributed by atoms with Gasteiger partial charge in [-0.3, -0.25) is 39.4 Å². The Kier molecular flexibility index (Phi) is 6.60. The van der Waals surface area contributed by atoms with Crippen LogP contribution in [-0.4, -0.2) is 49.9 Å². The van der Waals surface area contributed by atoms with E-state index in [1.54, 1.807) is 0 Å². The quantitative estimate of drug-likeness (QED) is 0.245. The lowest BCUT2D eigenvalue weighted by Crippen LogP contribution is -2.52. The van der Waals surface area contributed by atoms with Crippen molar-refractivity contribution in [2.75, 3.05) is 6.54 Å². The number of carbonyl (C=O) groups excluding carboxylic acids is 4. The van der Waals surface area contributed by atoms with Crippen LogP contribution < -0.4 is 0 Å². The fourth-order valence-corrected chi connectivity index (χ4v) is 4.79. The summed E-state index contributed by atoms with van der Waals surface area (Å²) in [4.78, 5) is 74.3. The lowest BCUT2D eigenvalue weighted by Gasteiger charge is -2.30. The number of ketones is 1. The first-order valence-corrected chi connectivity index (χ1v) is 11.3. The largest absolute Gasteiger partial charge is 0.292 e. The number of nitro benzene ring substituents is 2. The zero-order valence-corrected chi connectivity index (χ0v) is 19.2. The van der Waals surface area contributed by atoms with Crippen LogP contribution in [0.2, 0.25) is 0 Å². The number of carbonyl (C=O) groups is 4. The van der Waals surface area contributed by atoms with Crippen LogP contribution in [0.15, 0.2) is 48.5 Å². The number of benzene rings is 2. The number of non-ortho nitro benzene ring substituents is 1. The van der Waals surface area contributed by atoms with Crippen LogP contribution in [-0.2, 0) is 9.59 Å². The standard InChI is InChI=1S/C24H22N4O8/c1-14-6-11-17-19(12-14)24(32)26(23(17)31)25(22(30)18-4-2-3-5-20(18)28(35)36)13-21(29)15-7-9-16(10-8-15)27(33)34/h2-5,7-10,14,17,19H,6,11-13H2,1H3/t14-,17+,19-/m1/s1. The van der Waals surface area contributed by atoms with Gasteiger partial charge >= 0.3 is 0 Å². The molecular formula is C24H22N4O8. The molecule has 12 nitrogen and oxygen atoms in total. The number of imide groups is 1. The Morgan fingerprint density at radius 1 is 0.944 bits per heavy atom. The Hall–Kier alpha value is -4.48. The molecule has 2 fully saturated rings. The summed E-state index contributed by atoms with van der Waals surface area (Å²) in [7, 11) is 0. The number of para-hydroxylation sites is 1. The van der Waals surface area contributed by atoms with Crippen LogP contribution in [0.3, 0.4) is 0 Å². The number of hydrogen-bond donors (Lipinski definition) is 0. The highest BCUT2D eigenvalue weighted by molar-refractivity contribution is 6.10. The Balaban J connectivity index is 1.73. The van der Waals surface area contributed by atoms with E-state index in [0.29, 0.717) is 22.9 Å². The molecule has 0 spiro atoms. The average Bonchev–Trinajstić information content (AvgIpc) is 3.10. The van der Waals surface area contributed by atoms with Gasteiger partial charge in [-0.25, -0.2) is 5.01 Å². The van der Waals surface area contributed by atoms with E-state index in [1.807, 2.05) is 6.92 Å². The van der Waals surface area contributed by atoms with Gasteiger partial charge in [-0.15, -0.1) is 0 Å². The van der Waals surface area contributed by atoms with Crippen molar-refractivity contribution in [3.05, 3.63) is 79.9 Å². The molecule has 1 heterocycles. The van der Waals surface area contributed by atoms with Crippen molar-refractivity contribution < 1.29 is 29.0 Å². The van der Waals surface area contributed by atoms with Crippen molar-refractivity contribution in [1.29, 1.82) is 0 Å². The van der Waals surface area contributed by atoms with Crippen molar-refractivity contribution in [2.45, 2.75) is 26.2 Å². The number of hydrazine groups is 1. The molecule has 1 aliphatic carbocycles. The third kappa shape index (κ3) is 4.44. The Bertz CT molecular complexity index is 1280. The summed E-state index contributed by atoms with van der Waals surface area (Å²) >= 11 is 0. The van der Waals surface area contributed by atoms with E-state index < -0.39 is 57.4 Å². The minimum absolute atomic E-state index is 0.00564. The van der Waals surface area contributed by atoms with Crippen LogP contribution in [0.25, 0.3) is 0 Å². The number of nitrogens with zero attached hydrogens (tertiary/aromatic N) is 4. The van der Waals surface area contributed by atoms with Crippen molar-refractivity contribution >= 4 is 34.9 Å². The summed E-state index contributed by atoms with van der Waals surface area (Å²) in [6.07, 6.45) is 1.64. The zero-order chi connectivity index (χ0) is 26.1. The van der Waals surface area contributed by atoms with Crippen molar-refractivity contribution in [3.63, 3.8) is 0 Å². The van der Waals surface area contributed by atoms with Gasteiger partial charge in [0.15, 0.2) is 5.78 Å². The molecule has 2 aromatic rings. The molecule has 12 heteroatoms. The van der Waals surface area contributed by atoms with Gasteiger partial charge in [0.1, 0.15) is 12.1 Å². The minimum atomic E-state index is -1.05. The number of fused-ring (bicyclic) bond motifs is 1. The molecule has 3 amide bonds. The Labute approximate surface area is 204 Å². The molecule has 1 saturated heterocycles. The summed E-state index contributed by atoms with van der Waals surface area (Å²) < 4.78 is 0. The zero-order valence-electron chi connectivity index (χ0n) is 19.2. The molecule has 2 aliphatic rings. The molecule has 1 saturated carbocycles. The fourth-order valence-electron chi connectivity index (χ4n) is 4.79. The maximum absolute atomic E-state index is 13.6. The number of Topliss-reactive ketones (excluding diaryl/α,β-unsaturated/α-hetero) is 1. The monoisotopic (exact) mass is 494 g/mol. The third-order valence-electron chi connectivity index (χ3n) is 6.66. The maximum Gasteiger partial charge on any atom is 0.282 e. The lowest BCUT2D eigenvalue weighted by molar-refractivity contribution is -0.385. The van der Waals surface area contributed by atoms with E-state index in [-0.39, 0.29) is 22.7 Å². The summed E-state index contributed by atoms with van der Waals surface area (Å²) in [6.45, 7) is 1.19. The predicted octanol–water partition coefficient (Wildman–Crippen LogP) is 3.16.